The number of hydrogen-bond donors (Lipinski definition) is 1. The standard InChI is InChI=1S/C31H39FN2O2/c1-24-5-9-26(10-6-24)31(27-11-7-25(2)8-12-27)4-3-17-33-18-20-34(21-19-33)22-29(35)23-36-30-15-13-28(32)14-16-30/h5-16,29,31,35H,3-4,17-23H2,1-2H3. The van der Waals surface area contributed by atoms with E-state index in [1.165, 1.54) is 34.4 Å². The van der Waals surface area contributed by atoms with Gasteiger partial charge in [0, 0.05) is 38.6 Å². The number of hydrogen-bond acceptors (Lipinski definition) is 4. The van der Waals surface area contributed by atoms with Gasteiger partial charge in [-0.15, -0.1) is 0 Å². The fraction of sp³-hybridized carbons (Fsp3) is 0.419. The van der Waals surface area contributed by atoms with E-state index in [0.29, 0.717) is 18.2 Å². The molecule has 192 valence electrons. The molecule has 1 aliphatic heterocycles. The van der Waals surface area contributed by atoms with Crippen molar-refractivity contribution in [2.24, 2.45) is 0 Å². The zero-order valence-corrected chi connectivity index (χ0v) is 21.6. The number of rotatable bonds is 11. The van der Waals surface area contributed by atoms with Gasteiger partial charge in [0.2, 0.25) is 0 Å². The van der Waals surface area contributed by atoms with Crippen molar-refractivity contribution in [3.8, 4) is 5.75 Å². The van der Waals surface area contributed by atoms with Gasteiger partial charge in [-0.1, -0.05) is 59.7 Å². The van der Waals surface area contributed by atoms with E-state index in [4.69, 9.17) is 4.74 Å². The molecule has 0 radical (unpaired) electrons. The summed E-state index contributed by atoms with van der Waals surface area (Å²) in [6.07, 6.45) is 1.72. The minimum Gasteiger partial charge on any atom is -0.491 e. The van der Waals surface area contributed by atoms with Crippen molar-refractivity contribution in [3.63, 3.8) is 0 Å². The molecule has 1 atom stereocenters. The van der Waals surface area contributed by atoms with Crippen LogP contribution in [0.4, 0.5) is 4.39 Å². The third-order valence-corrected chi connectivity index (χ3v) is 7.12. The average Bonchev–Trinajstić information content (AvgIpc) is 2.89. The highest BCUT2D eigenvalue weighted by Crippen LogP contribution is 2.30. The van der Waals surface area contributed by atoms with E-state index in [2.05, 4.69) is 72.2 Å². The largest absolute Gasteiger partial charge is 0.491 e. The summed E-state index contributed by atoms with van der Waals surface area (Å²) in [6, 6.07) is 23.9. The van der Waals surface area contributed by atoms with Crippen molar-refractivity contribution in [3.05, 3.63) is 101 Å². The molecule has 0 aliphatic carbocycles. The Hall–Kier alpha value is -2.73. The Morgan fingerprint density at radius 2 is 1.31 bits per heavy atom. The van der Waals surface area contributed by atoms with Crippen LogP contribution in [0.15, 0.2) is 72.8 Å². The lowest BCUT2D eigenvalue weighted by Gasteiger charge is -2.35. The molecule has 4 nitrogen and oxygen atoms in total. The van der Waals surface area contributed by atoms with E-state index < -0.39 is 6.10 Å². The van der Waals surface area contributed by atoms with Crippen LogP contribution in [0.25, 0.3) is 0 Å². The van der Waals surface area contributed by atoms with Crippen LogP contribution in [-0.2, 0) is 0 Å². The van der Waals surface area contributed by atoms with Crippen LogP contribution in [0.5, 0.6) is 5.75 Å². The van der Waals surface area contributed by atoms with Crippen molar-refractivity contribution < 1.29 is 14.2 Å². The van der Waals surface area contributed by atoms with E-state index in [0.717, 1.165) is 45.6 Å². The predicted octanol–water partition coefficient (Wildman–Crippen LogP) is 5.41. The molecule has 1 fully saturated rings. The maximum Gasteiger partial charge on any atom is 0.123 e. The number of nitrogens with zero attached hydrogens (tertiary/aromatic N) is 2. The van der Waals surface area contributed by atoms with Crippen molar-refractivity contribution in [2.45, 2.75) is 38.7 Å². The van der Waals surface area contributed by atoms with E-state index in [-0.39, 0.29) is 12.4 Å². The van der Waals surface area contributed by atoms with Gasteiger partial charge in [-0.25, -0.2) is 4.39 Å². The van der Waals surface area contributed by atoms with Crippen molar-refractivity contribution in [1.29, 1.82) is 0 Å². The highest BCUT2D eigenvalue weighted by molar-refractivity contribution is 5.35. The van der Waals surface area contributed by atoms with Crippen LogP contribution in [0.3, 0.4) is 0 Å². The van der Waals surface area contributed by atoms with Crippen LogP contribution in [-0.4, -0.2) is 66.9 Å². The molecule has 0 saturated carbocycles. The molecule has 1 aliphatic rings. The number of halogens is 1. The highest BCUT2D eigenvalue weighted by Gasteiger charge is 2.20. The van der Waals surface area contributed by atoms with Gasteiger partial charge in [-0.3, -0.25) is 4.90 Å². The van der Waals surface area contributed by atoms with Crippen molar-refractivity contribution >= 4 is 0 Å². The lowest BCUT2D eigenvalue weighted by atomic mass is 9.86. The molecule has 0 bridgehead atoms. The smallest absolute Gasteiger partial charge is 0.123 e. The zero-order valence-electron chi connectivity index (χ0n) is 21.6. The maximum atomic E-state index is 13.0. The monoisotopic (exact) mass is 490 g/mol. The van der Waals surface area contributed by atoms with Crippen LogP contribution in [0, 0.1) is 19.7 Å². The van der Waals surface area contributed by atoms with Crippen molar-refractivity contribution in [2.75, 3.05) is 45.9 Å². The summed E-state index contributed by atoms with van der Waals surface area (Å²) in [5, 5.41) is 10.4. The summed E-state index contributed by atoms with van der Waals surface area (Å²) < 4.78 is 18.6. The normalized spacial score (nSPS) is 15.8. The first-order valence-electron chi connectivity index (χ1n) is 13.1. The Kier molecular flexibility index (Phi) is 9.51. The fourth-order valence-corrected chi connectivity index (χ4v) is 4.91. The minimum atomic E-state index is -0.564. The molecule has 1 saturated heterocycles. The van der Waals surface area contributed by atoms with Gasteiger partial charge in [-0.2, -0.15) is 0 Å². The van der Waals surface area contributed by atoms with Gasteiger partial charge in [-0.05, 0) is 68.6 Å². The number of aliphatic hydroxyl groups excluding tert-OH is 1. The molecule has 1 heterocycles. The van der Waals surface area contributed by atoms with Gasteiger partial charge < -0.3 is 14.7 Å². The molecule has 1 N–H and O–H groups in total. The van der Waals surface area contributed by atoms with Gasteiger partial charge in [0.15, 0.2) is 0 Å². The molecule has 0 aromatic heterocycles. The molecule has 3 aromatic carbocycles. The zero-order chi connectivity index (χ0) is 25.3. The lowest BCUT2D eigenvalue weighted by Crippen LogP contribution is -2.49. The number of aliphatic hydroxyl groups is 1. The SMILES string of the molecule is Cc1ccc(C(CCCN2CCN(CC(O)COc3ccc(F)cc3)CC2)c2ccc(C)cc2)cc1. The van der Waals surface area contributed by atoms with Gasteiger partial charge >= 0.3 is 0 Å². The Balaban J connectivity index is 1.20. The molecule has 0 amide bonds. The number of ether oxygens (including phenoxy) is 1. The fourth-order valence-electron chi connectivity index (χ4n) is 4.91. The first-order chi connectivity index (χ1) is 17.5. The third-order valence-electron chi connectivity index (χ3n) is 7.12. The summed E-state index contributed by atoms with van der Waals surface area (Å²) >= 11 is 0. The summed E-state index contributed by atoms with van der Waals surface area (Å²) in [5.74, 6) is 0.709. The predicted molar refractivity (Wildman–Crippen MR) is 144 cm³/mol. The average molecular weight is 491 g/mol. The topological polar surface area (TPSA) is 35.9 Å². The molecule has 1 unspecified atom stereocenters. The Labute approximate surface area is 215 Å². The lowest BCUT2D eigenvalue weighted by molar-refractivity contribution is 0.0457. The molecule has 3 aromatic rings. The third kappa shape index (κ3) is 7.89. The van der Waals surface area contributed by atoms with Gasteiger partial charge in [0.1, 0.15) is 24.3 Å². The van der Waals surface area contributed by atoms with E-state index in [9.17, 15) is 9.50 Å². The second-order valence-corrected chi connectivity index (χ2v) is 10.1. The maximum absolute atomic E-state index is 13.0. The quantitative estimate of drug-likeness (QED) is 0.390. The van der Waals surface area contributed by atoms with E-state index >= 15 is 0 Å². The number of β-amino-alcohol motifs (C(OH)–C–C–N with tert-alkyl or cyclic N) is 1. The van der Waals surface area contributed by atoms with Gasteiger partial charge in [0.25, 0.3) is 0 Å². The minimum absolute atomic E-state index is 0.214. The van der Waals surface area contributed by atoms with E-state index in [1.54, 1.807) is 12.1 Å². The highest BCUT2D eigenvalue weighted by atomic mass is 19.1. The summed E-state index contributed by atoms with van der Waals surface area (Å²) in [4.78, 5) is 4.84. The number of aryl methyl sites for hydroxylation is 2. The summed E-state index contributed by atoms with van der Waals surface area (Å²) in [7, 11) is 0. The number of benzene rings is 3. The van der Waals surface area contributed by atoms with Crippen LogP contribution in [0.1, 0.15) is 41.0 Å². The first-order valence-corrected chi connectivity index (χ1v) is 13.1. The molecule has 36 heavy (non-hydrogen) atoms. The van der Waals surface area contributed by atoms with Crippen LogP contribution < -0.4 is 4.74 Å². The summed E-state index contributed by atoms with van der Waals surface area (Å²) in [6.45, 7) is 10.1. The van der Waals surface area contributed by atoms with Gasteiger partial charge in [0.05, 0.1) is 0 Å². The van der Waals surface area contributed by atoms with E-state index in [1.807, 2.05) is 0 Å². The summed E-state index contributed by atoms with van der Waals surface area (Å²) in [5.41, 5.74) is 5.38. The molecule has 0 spiro atoms. The second-order valence-electron chi connectivity index (χ2n) is 10.1. The Morgan fingerprint density at radius 1 is 0.778 bits per heavy atom. The van der Waals surface area contributed by atoms with Crippen LogP contribution >= 0.6 is 0 Å². The Bertz CT molecular complexity index is 1000. The molecule has 5 heteroatoms. The molecular formula is C31H39FN2O2. The van der Waals surface area contributed by atoms with Crippen LogP contribution in [0.2, 0.25) is 0 Å². The Morgan fingerprint density at radius 3 is 1.86 bits per heavy atom. The second kappa shape index (κ2) is 13.0. The first kappa shape index (κ1) is 26.3. The molecular weight excluding hydrogens is 451 g/mol. The van der Waals surface area contributed by atoms with Crippen molar-refractivity contribution in [1.82, 2.24) is 9.80 Å². The molecule has 4 rings (SSSR count). The number of piperazine rings is 1.